The summed E-state index contributed by atoms with van der Waals surface area (Å²) in [5, 5.41) is 3.63. The zero-order valence-electron chi connectivity index (χ0n) is 35.2. The Kier molecular flexibility index (Phi) is 11.9. The van der Waals surface area contributed by atoms with Crippen molar-refractivity contribution >= 4 is 35.2 Å². The molecule has 0 saturated carbocycles. The van der Waals surface area contributed by atoms with Crippen molar-refractivity contribution in [3.63, 3.8) is 0 Å². The molecule has 8 rings (SSSR count). The molecular weight excluding hydrogens is 901 g/mol. The van der Waals surface area contributed by atoms with Gasteiger partial charge in [0.05, 0.1) is 37.4 Å². The van der Waals surface area contributed by atoms with E-state index in [1.165, 1.54) is 38.6 Å². The summed E-state index contributed by atoms with van der Waals surface area (Å²) in [6.07, 6.45) is 4.21. The van der Waals surface area contributed by atoms with Crippen molar-refractivity contribution in [3.8, 4) is 44.8 Å². The first-order valence-electron chi connectivity index (χ1n) is 19.7. The smallest absolute Gasteiger partial charge is 0.134 e. The summed E-state index contributed by atoms with van der Waals surface area (Å²) >= 11 is 0. The van der Waals surface area contributed by atoms with Gasteiger partial charge in [-0.3, -0.25) is 0 Å². The summed E-state index contributed by atoms with van der Waals surface area (Å²) in [4.78, 5) is 0. The third-order valence-electron chi connectivity index (χ3n) is 10.9. The predicted molar refractivity (Wildman–Crippen MR) is 244 cm³/mol. The Morgan fingerprint density at radius 1 is 0.621 bits per heavy atom. The Bertz CT molecular complexity index is 2730. The number of aromatic nitrogens is 2. The molecule has 58 heavy (non-hydrogen) atoms. The summed E-state index contributed by atoms with van der Waals surface area (Å²) in [6, 6.07) is 42.9. The average Bonchev–Trinajstić information content (AvgIpc) is 3.54. The van der Waals surface area contributed by atoms with E-state index >= 15 is 0 Å². The van der Waals surface area contributed by atoms with Crippen molar-refractivity contribution in [3.05, 3.63) is 189 Å². The Labute approximate surface area is 360 Å². The molecule has 0 spiro atoms. The zero-order chi connectivity index (χ0) is 40.8. The maximum atomic E-state index is 6.57. The molecule has 0 saturated heterocycles. The first kappa shape index (κ1) is 42.2. The van der Waals surface area contributed by atoms with Crippen molar-refractivity contribution in [2.45, 2.75) is 59.7 Å². The van der Waals surface area contributed by atoms with Crippen LogP contribution in [0.1, 0.15) is 48.6 Å². The maximum absolute atomic E-state index is 6.57. The zero-order valence-corrected chi connectivity index (χ0v) is 38.6. The van der Waals surface area contributed by atoms with Gasteiger partial charge in [0.2, 0.25) is 0 Å². The van der Waals surface area contributed by atoms with E-state index in [1.54, 1.807) is 0 Å². The fraction of sp³-hybridized carbons (Fsp3) is 0.170. The topological polar surface area (TPSA) is 20.9 Å². The van der Waals surface area contributed by atoms with E-state index in [0.717, 1.165) is 61.1 Å². The molecule has 0 atom stereocenters. The van der Waals surface area contributed by atoms with E-state index in [1.807, 2.05) is 27.5 Å². The van der Waals surface area contributed by atoms with Gasteiger partial charge in [0.25, 0.3) is 0 Å². The fourth-order valence-corrected chi connectivity index (χ4v) is 8.90. The maximum Gasteiger partial charge on any atom is 0.134 e. The van der Waals surface area contributed by atoms with Crippen molar-refractivity contribution in [2.75, 3.05) is 0 Å². The minimum Gasteiger partial charge on any atom is -0.469 e. The number of fused-ring (bicyclic) bond motifs is 3. The van der Waals surface area contributed by atoms with E-state index in [4.69, 9.17) is 4.42 Å². The van der Waals surface area contributed by atoms with Crippen LogP contribution in [0.2, 0.25) is 19.6 Å². The van der Waals surface area contributed by atoms with E-state index < -0.39 is 8.07 Å². The van der Waals surface area contributed by atoms with Crippen LogP contribution in [0.5, 0.6) is 0 Å². The van der Waals surface area contributed by atoms with Crippen LogP contribution in [0.3, 0.4) is 0 Å². The number of benzene rings is 5. The molecule has 0 bridgehead atoms. The minimum absolute atomic E-state index is 0. The number of aryl methyl sites for hydroxylation is 2. The molecule has 0 aliphatic rings. The van der Waals surface area contributed by atoms with E-state index in [0.29, 0.717) is 0 Å². The van der Waals surface area contributed by atoms with Crippen LogP contribution in [0, 0.1) is 41.8 Å². The normalized spacial score (nSPS) is 11.6. The number of nitrogens with zero attached hydrogens (tertiary/aromatic N) is 2. The Hall–Kier alpha value is -5.45. The summed E-state index contributed by atoms with van der Waals surface area (Å²) in [5.74, 6) is 0. The summed E-state index contributed by atoms with van der Waals surface area (Å²) in [6.45, 7) is 26.5. The number of rotatable bonds is 5. The van der Waals surface area contributed by atoms with Crippen LogP contribution >= 0.6 is 0 Å². The standard InChI is InChI=1S/C35H30NO.C18H24NSi.Ir/c1-23-14-19-29-33-28(26-17-15-25(16-18-26)24-10-7-6-8-11-24)12-9-13-31(33)37-34(29)32(23)30-22-27(35(2,3)4)20-21-36(30)5;1-13-10-14(2)18(15(3)11-13)17-9-8-16(12-19(17)4)20(5,6)7;/h6-22H,1,5H2,2-4H3;8-12H,2,4H2,1,3,5-7H3;/q2*-1;. The number of pyridine rings is 2. The largest absolute Gasteiger partial charge is 0.469 e. The average molecular weight is 955 g/mol. The molecule has 0 fully saturated rings. The third-order valence-corrected chi connectivity index (χ3v) is 12.9. The van der Waals surface area contributed by atoms with Gasteiger partial charge in [-0.25, -0.2) is 0 Å². The first-order valence-corrected chi connectivity index (χ1v) is 23.2. The molecular formula is C53H54IrN2OSi-2. The minimum atomic E-state index is -1.30. The van der Waals surface area contributed by atoms with Gasteiger partial charge in [-0.2, -0.15) is 37.1 Å². The molecule has 297 valence electrons. The molecule has 5 heteroatoms. The Morgan fingerprint density at radius 2 is 1.29 bits per heavy atom. The fourth-order valence-electron chi connectivity index (χ4n) is 7.77. The molecule has 0 N–H and O–H groups in total. The van der Waals surface area contributed by atoms with Crippen molar-refractivity contribution in [1.82, 2.24) is 0 Å². The second kappa shape index (κ2) is 16.4. The van der Waals surface area contributed by atoms with E-state index in [9.17, 15) is 0 Å². The summed E-state index contributed by atoms with van der Waals surface area (Å²) in [5.41, 5.74) is 16.5. The van der Waals surface area contributed by atoms with Crippen molar-refractivity contribution in [1.29, 1.82) is 0 Å². The SMILES string of the molecule is [CH2-]c1cc(C)cc(C)c1-c1ccc([Si](C)(C)C)c[n+]1[CH2-].[CH2-]c1ccc2c(oc3cccc(-c4ccc(-c5ccccc5)cc4)c32)c1-c1cc(C(C)(C)C)cc[n+]1[CH2-].[Ir]. The van der Waals surface area contributed by atoms with Gasteiger partial charge < -0.3 is 13.6 Å². The van der Waals surface area contributed by atoms with Gasteiger partial charge in [-0.15, -0.1) is 22.8 Å². The van der Waals surface area contributed by atoms with Crippen LogP contribution in [0.25, 0.3) is 66.7 Å². The van der Waals surface area contributed by atoms with Gasteiger partial charge in [-0.05, 0) is 33.7 Å². The molecule has 3 heterocycles. The first-order chi connectivity index (χ1) is 27.0. The monoisotopic (exact) mass is 955 g/mol. The van der Waals surface area contributed by atoms with Gasteiger partial charge in [0, 0.05) is 45.0 Å². The molecule has 3 aromatic heterocycles. The Morgan fingerprint density at radius 3 is 1.93 bits per heavy atom. The van der Waals surface area contributed by atoms with Crippen LogP contribution in [0.15, 0.2) is 138 Å². The molecule has 0 aliphatic carbocycles. The van der Waals surface area contributed by atoms with Gasteiger partial charge in [-0.1, -0.05) is 168 Å². The van der Waals surface area contributed by atoms with Gasteiger partial charge in [0.1, 0.15) is 5.58 Å². The Balaban J connectivity index is 0.000000230. The third kappa shape index (κ3) is 8.40. The molecule has 0 unspecified atom stereocenters. The molecule has 1 radical (unpaired) electrons. The van der Waals surface area contributed by atoms with Crippen LogP contribution in [-0.4, -0.2) is 8.07 Å². The molecule has 0 aliphatic heterocycles. The summed E-state index contributed by atoms with van der Waals surface area (Å²) < 4.78 is 10.5. The van der Waals surface area contributed by atoms with Crippen LogP contribution < -0.4 is 14.3 Å². The van der Waals surface area contributed by atoms with Gasteiger partial charge >= 0.3 is 0 Å². The second-order valence-electron chi connectivity index (χ2n) is 17.4. The number of furan rings is 1. The van der Waals surface area contributed by atoms with E-state index in [2.05, 4.69) is 198 Å². The second-order valence-corrected chi connectivity index (χ2v) is 22.4. The molecule has 3 nitrogen and oxygen atoms in total. The van der Waals surface area contributed by atoms with Crippen LogP contribution in [0.4, 0.5) is 0 Å². The van der Waals surface area contributed by atoms with Crippen molar-refractivity contribution < 1.29 is 33.7 Å². The predicted octanol–water partition coefficient (Wildman–Crippen LogP) is 12.6. The van der Waals surface area contributed by atoms with Crippen molar-refractivity contribution in [2.24, 2.45) is 0 Å². The molecule has 8 aromatic rings. The van der Waals surface area contributed by atoms with E-state index in [-0.39, 0.29) is 25.5 Å². The van der Waals surface area contributed by atoms with Gasteiger partial charge in [0.15, 0.2) is 0 Å². The summed E-state index contributed by atoms with van der Waals surface area (Å²) in [7, 11) is 7.15. The quantitative estimate of drug-likeness (QED) is 0.0957. The number of hydrogen-bond acceptors (Lipinski definition) is 1. The molecule has 0 amide bonds. The number of hydrogen-bond donors (Lipinski definition) is 0. The molecule has 5 aromatic carbocycles. The van der Waals surface area contributed by atoms with Crippen LogP contribution in [-0.2, 0) is 25.5 Å².